The highest BCUT2D eigenvalue weighted by Crippen LogP contribution is 2.36. The van der Waals surface area contributed by atoms with Crippen LogP contribution in [-0.2, 0) is 9.53 Å². The van der Waals surface area contributed by atoms with E-state index >= 15 is 0 Å². The van der Waals surface area contributed by atoms with Crippen LogP contribution in [0.1, 0.15) is 23.3 Å². The van der Waals surface area contributed by atoms with E-state index in [1.165, 1.54) is 12.8 Å². The van der Waals surface area contributed by atoms with Gasteiger partial charge in [0, 0.05) is 26.3 Å². The van der Waals surface area contributed by atoms with Crippen LogP contribution in [-0.4, -0.2) is 83.3 Å². The van der Waals surface area contributed by atoms with Gasteiger partial charge in [-0.25, -0.2) is 0 Å². The molecular weight excluding hydrogens is 310 g/mol. The van der Waals surface area contributed by atoms with Crippen molar-refractivity contribution in [1.82, 2.24) is 25.3 Å². The van der Waals surface area contributed by atoms with Gasteiger partial charge in [0.1, 0.15) is 17.3 Å². The van der Waals surface area contributed by atoms with Crippen LogP contribution in [0.4, 0.5) is 0 Å². The average Bonchev–Trinajstić information content (AvgIpc) is 3.20. The van der Waals surface area contributed by atoms with Gasteiger partial charge in [-0.2, -0.15) is 5.10 Å². The third-order valence-corrected chi connectivity index (χ3v) is 5.19. The summed E-state index contributed by atoms with van der Waals surface area (Å²) >= 11 is 0. The minimum absolute atomic E-state index is 0.00946. The second-order valence-electron chi connectivity index (χ2n) is 7.13. The summed E-state index contributed by atoms with van der Waals surface area (Å²) in [6.45, 7) is 3.16. The number of nitrogens with one attached hydrogen (secondary N) is 2. The molecule has 24 heavy (non-hydrogen) atoms. The standard InChI is InChI=1S/C16H23N5O3/c1-17-14(22)13-7-24-16(8-20(13)6-11-2-3-11)9-21(10-16)15(23)12-4-5-18-19-12/h4-5,11,13H,2-3,6-10H2,1H3,(H,17,22)(H,18,19)/t13-/m0/s1. The van der Waals surface area contributed by atoms with Gasteiger partial charge >= 0.3 is 0 Å². The van der Waals surface area contributed by atoms with E-state index in [1.54, 1.807) is 24.2 Å². The molecule has 8 nitrogen and oxygen atoms in total. The Morgan fingerprint density at radius 2 is 2.21 bits per heavy atom. The normalized spacial score (nSPS) is 26.2. The Hall–Kier alpha value is -1.93. The summed E-state index contributed by atoms with van der Waals surface area (Å²) in [6.07, 6.45) is 4.07. The maximum absolute atomic E-state index is 12.3. The summed E-state index contributed by atoms with van der Waals surface area (Å²) in [6, 6.07) is 1.45. The molecule has 3 fully saturated rings. The second kappa shape index (κ2) is 5.86. The summed E-state index contributed by atoms with van der Waals surface area (Å²) in [7, 11) is 1.66. The number of morpholine rings is 1. The molecule has 0 radical (unpaired) electrons. The van der Waals surface area contributed by atoms with E-state index in [2.05, 4.69) is 20.4 Å². The molecule has 1 spiro atoms. The highest BCUT2D eigenvalue weighted by atomic mass is 16.5. The number of carbonyl (C=O) groups is 2. The lowest BCUT2D eigenvalue weighted by Crippen LogP contribution is -2.73. The Bertz CT molecular complexity index is 622. The molecule has 2 amide bonds. The zero-order chi connectivity index (χ0) is 16.7. The van der Waals surface area contributed by atoms with Gasteiger partial charge in [0.25, 0.3) is 5.91 Å². The molecule has 3 aliphatic rings. The van der Waals surface area contributed by atoms with E-state index in [0.717, 1.165) is 6.54 Å². The van der Waals surface area contributed by atoms with E-state index in [1.807, 2.05) is 0 Å². The number of H-pyrrole nitrogens is 1. The van der Waals surface area contributed by atoms with Crippen LogP contribution in [0.3, 0.4) is 0 Å². The first-order chi connectivity index (χ1) is 11.6. The SMILES string of the molecule is CNC(=O)[C@@H]1COC2(CN(C(=O)c3ccn[nH]3)C2)CN1CC1CC1. The number of amides is 2. The maximum atomic E-state index is 12.3. The first-order valence-electron chi connectivity index (χ1n) is 8.48. The Morgan fingerprint density at radius 1 is 1.42 bits per heavy atom. The maximum Gasteiger partial charge on any atom is 0.272 e. The third kappa shape index (κ3) is 2.80. The molecule has 0 aromatic carbocycles. The molecule has 4 rings (SSSR count). The van der Waals surface area contributed by atoms with Crippen molar-refractivity contribution in [3.63, 3.8) is 0 Å². The molecular formula is C16H23N5O3. The Labute approximate surface area is 140 Å². The van der Waals surface area contributed by atoms with E-state index in [-0.39, 0.29) is 23.5 Å². The van der Waals surface area contributed by atoms with Gasteiger partial charge in [-0.3, -0.25) is 19.6 Å². The van der Waals surface area contributed by atoms with Crippen molar-refractivity contribution >= 4 is 11.8 Å². The molecule has 2 N–H and O–H groups in total. The molecule has 1 aromatic rings. The summed E-state index contributed by atoms with van der Waals surface area (Å²) < 4.78 is 6.04. The molecule has 0 unspecified atom stereocenters. The monoisotopic (exact) mass is 333 g/mol. The zero-order valence-electron chi connectivity index (χ0n) is 13.8. The summed E-state index contributed by atoms with van der Waals surface area (Å²) in [5.41, 5.74) is 0.161. The molecule has 8 heteroatoms. The van der Waals surface area contributed by atoms with E-state index < -0.39 is 0 Å². The van der Waals surface area contributed by atoms with Crippen molar-refractivity contribution in [2.75, 3.05) is 39.8 Å². The first-order valence-corrected chi connectivity index (χ1v) is 8.48. The van der Waals surface area contributed by atoms with Crippen LogP contribution >= 0.6 is 0 Å². The summed E-state index contributed by atoms with van der Waals surface area (Å²) in [5, 5.41) is 9.26. The minimum atomic E-state index is -0.338. The van der Waals surface area contributed by atoms with Crippen LogP contribution in [0.15, 0.2) is 12.3 Å². The van der Waals surface area contributed by atoms with E-state index in [4.69, 9.17) is 4.74 Å². The lowest BCUT2D eigenvalue weighted by molar-refractivity contribution is -0.191. The van der Waals surface area contributed by atoms with Crippen LogP contribution in [0.25, 0.3) is 0 Å². The molecule has 130 valence electrons. The number of nitrogens with zero attached hydrogens (tertiary/aromatic N) is 3. The van der Waals surface area contributed by atoms with Gasteiger partial charge in [-0.15, -0.1) is 0 Å². The highest BCUT2D eigenvalue weighted by molar-refractivity contribution is 5.93. The number of hydrogen-bond donors (Lipinski definition) is 2. The van der Waals surface area contributed by atoms with Crippen LogP contribution < -0.4 is 5.32 Å². The van der Waals surface area contributed by atoms with Gasteiger partial charge in [0.05, 0.1) is 19.7 Å². The number of aromatic nitrogens is 2. The van der Waals surface area contributed by atoms with Crippen LogP contribution in [0, 0.1) is 5.92 Å². The minimum Gasteiger partial charge on any atom is -0.368 e. The molecule has 2 aliphatic heterocycles. The molecule has 1 atom stereocenters. The topological polar surface area (TPSA) is 90.6 Å². The molecule has 3 heterocycles. The number of carbonyl (C=O) groups excluding carboxylic acids is 2. The summed E-state index contributed by atoms with van der Waals surface area (Å²) in [5.74, 6) is 0.661. The second-order valence-corrected chi connectivity index (χ2v) is 7.13. The van der Waals surface area contributed by atoms with Gasteiger partial charge in [0.2, 0.25) is 5.91 Å². The van der Waals surface area contributed by atoms with Crippen molar-refractivity contribution < 1.29 is 14.3 Å². The molecule has 1 aromatic heterocycles. The van der Waals surface area contributed by atoms with Crippen molar-refractivity contribution in [3.8, 4) is 0 Å². The number of likely N-dealkylation sites (tertiary alicyclic amines) is 1. The molecule has 1 aliphatic carbocycles. The van der Waals surface area contributed by atoms with Gasteiger partial charge in [0.15, 0.2) is 0 Å². The van der Waals surface area contributed by atoms with Crippen LogP contribution in [0.2, 0.25) is 0 Å². The zero-order valence-corrected chi connectivity index (χ0v) is 13.8. The Kier molecular flexibility index (Phi) is 3.80. The largest absolute Gasteiger partial charge is 0.368 e. The fraction of sp³-hybridized carbons (Fsp3) is 0.688. The fourth-order valence-electron chi connectivity index (χ4n) is 3.65. The highest BCUT2D eigenvalue weighted by Gasteiger charge is 2.52. The van der Waals surface area contributed by atoms with Crippen molar-refractivity contribution in [1.29, 1.82) is 0 Å². The smallest absolute Gasteiger partial charge is 0.272 e. The predicted octanol–water partition coefficient (Wildman–Crippen LogP) is -0.539. The average molecular weight is 333 g/mol. The number of hydrogen-bond acceptors (Lipinski definition) is 5. The lowest BCUT2D eigenvalue weighted by Gasteiger charge is -2.55. The Balaban J connectivity index is 1.40. The van der Waals surface area contributed by atoms with Crippen molar-refractivity contribution in [2.45, 2.75) is 24.5 Å². The molecule has 0 bridgehead atoms. The first kappa shape index (κ1) is 15.6. The quantitative estimate of drug-likeness (QED) is 0.772. The number of aromatic amines is 1. The third-order valence-electron chi connectivity index (χ3n) is 5.19. The van der Waals surface area contributed by atoms with Gasteiger partial charge in [-0.1, -0.05) is 0 Å². The molecule has 1 saturated carbocycles. The van der Waals surface area contributed by atoms with Crippen molar-refractivity contribution in [3.05, 3.63) is 18.0 Å². The number of rotatable bonds is 4. The fourth-order valence-corrected chi connectivity index (χ4v) is 3.65. The summed E-state index contributed by atoms with van der Waals surface area (Å²) in [4.78, 5) is 28.5. The van der Waals surface area contributed by atoms with Crippen molar-refractivity contribution in [2.24, 2.45) is 5.92 Å². The Morgan fingerprint density at radius 3 is 2.83 bits per heavy atom. The van der Waals surface area contributed by atoms with Gasteiger partial charge < -0.3 is 15.0 Å². The predicted molar refractivity (Wildman–Crippen MR) is 85.3 cm³/mol. The lowest BCUT2D eigenvalue weighted by atomic mass is 9.89. The van der Waals surface area contributed by atoms with E-state index in [9.17, 15) is 9.59 Å². The number of likely N-dealkylation sites (N-methyl/N-ethyl adjacent to an activating group) is 1. The number of ether oxygens (including phenoxy) is 1. The van der Waals surface area contributed by atoms with E-state index in [0.29, 0.717) is 37.9 Å². The van der Waals surface area contributed by atoms with Crippen LogP contribution in [0.5, 0.6) is 0 Å². The molecule has 2 saturated heterocycles. The van der Waals surface area contributed by atoms with Gasteiger partial charge in [-0.05, 0) is 24.8 Å².